The van der Waals surface area contributed by atoms with Crippen molar-refractivity contribution in [3.63, 3.8) is 0 Å². The third kappa shape index (κ3) is 1.20. The van der Waals surface area contributed by atoms with Gasteiger partial charge in [0.2, 0.25) is 0 Å². The average molecular weight is 170 g/mol. The van der Waals surface area contributed by atoms with Gasteiger partial charge in [0.15, 0.2) is 5.78 Å². The lowest BCUT2D eigenvalue weighted by molar-refractivity contribution is -0.120. The molecule has 2 saturated heterocycles. The molecule has 0 aromatic carbocycles. The average Bonchev–Trinajstić information content (AvgIpc) is 2.34. The number of likely N-dealkylation sites (tertiary alicyclic amines) is 1. The van der Waals surface area contributed by atoms with E-state index in [9.17, 15) is 4.79 Å². The van der Waals surface area contributed by atoms with E-state index in [4.69, 9.17) is 0 Å². The first kappa shape index (κ1) is 7.62. The molecule has 3 heteroatoms. The van der Waals surface area contributed by atoms with Crippen LogP contribution in [0.2, 0.25) is 0 Å². The highest BCUT2D eigenvalue weighted by Crippen LogP contribution is 2.34. The van der Waals surface area contributed by atoms with Crippen molar-refractivity contribution in [3.8, 4) is 0 Å². The number of nitrogens with zero attached hydrogens (tertiary/aromatic N) is 1. The first-order valence-corrected chi connectivity index (χ1v) is 5.05. The molecule has 62 valence electrons. The minimum atomic E-state index is 0.147. The largest absolute Gasteiger partial charge is 0.450 e. The first-order valence-electron chi connectivity index (χ1n) is 4.00. The van der Waals surface area contributed by atoms with Crippen molar-refractivity contribution < 1.29 is 4.79 Å². The number of carbonyl (C=O) groups excluding carboxylic acids is 1. The molecule has 2 heterocycles. The summed E-state index contributed by atoms with van der Waals surface area (Å²) in [4.78, 5) is 13.3. The Bertz CT molecular complexity index is 183. The second-order valence-corrected chi connectivity index (χ2v) is 4.44. The van der Waals surface area contributed by atoms with Crippen LogP contribution in [-0.2, 0) is 4.79 Å². The fraction of sp³-hybridized carbons (Fsp3) is 0.750. The maximum Gasteiger partial charge on any atom is 0.158 e. The van der Waals surface area contributed by atoms with Crippen LogP contribution in [0.5, 0.6) is 0 Å². The maximum absolute atomic E-state index is 11.3. The van der Waals surface area contributed by atoms with Crippen LogP contribution in [-0.4, -0.2) is 34.3 Å². The minimum Gasteiger partial charge on any atom is -0.450 e. The van der Waals surface area contributed by atoms with E-state index >= 15 is 0 Å². The Kier molecular flexibility index (Phi) is 1.93. The molecule has 2 atom stereocenters. The molecule has 0 radical (unpaired) electrons. The van der Waals surface area contributed by atoms with E-state index < -0.39 is 0 Å². The molecular formula is C8H12NOS-. The summed E-state index contributed by atoms with van der Waals surface area (Å²) in [5.41, 5.74) is 0. The lowest BCUT2D eigenvalue weighted by Gasteiger charge is -2.39. The van der Waals surface area contributed by atoms with Gasteiger partial charge in [0, 0.05) is 5.25 Å². The molecule has 0 N–H and O–H groups in total. The van der Waals surface area contributed by atoms with Gasteiger partial charge in [0.25, 0.3) is 0 Å². The second kappa shape index (κ2) is 2.79. The highest BCUT2D eigenvalue weighted by Gasteiger charge is 2.37. The number of hydrogen-bond acceptors (Lipinski definition) is 3. The van der Waals surface area contributed by atoms with Crippen LogP contribution in [0.4, 0.5) is 0 Å². The Morgan fingerprint density at radius 3 is 3.18 bits per heavy atom. The van der Waals surface area contributed by atoms with Gasteiger partial charge in [0.1, 0.15) is 0 Å². The number of carbonyl (C=O) groups is 1. The fourth-order valence-electron chi connectivity index (χ4n) is 1.89. The minimum absolute atomic E-state index is 0.147. The lowest BCUT2D eigenvalue weighted by Crippen LogP contribution is -2.44. The van der Waals surface area contributed by atoms with Gasteiger partial charge in [-0.25, -0.2) is 0 Å². The standard InChI is InChI=1S/C8H12NOS/c1-9-4-2-3-7-8(9)6(10)5-11-7/h7-8H,1-5H2/q-1. The van der Waals surface area contributed by atoms with Crippen molar-refractivity contribution in [2.75, 3.05) is 12.3 Å². The molecule has 2 aliphatic heterocycles. The van der Waals surface area contributed by atoms with Crippen LogP contribution in [0, 0.1) is 7.05 Å². The molecule has 0 amide bonds. The Morgan fingerprint density at radius 2 is 2.45 bits per heavy atom. The molecule has 2 rings (SSSR count). The summed E-state index contributed by atoms with van der Waals surface area (Å²) >= 11 is 1.81. The van der Waals surface area contributed by atoms with E-state index in [0.717, 1.165) is 6.54 Å². The number of ketones is 1. The molecule has 2 fully saturated rings. The van der Waals surface area contributed by atoms with E-state index in [-0.39, 0.29) is 6.04 Å². The van der Waals surface area contributed by atoms with Gasteiger partial charge < -0.3 is 4.90 Å². The monoisotopic (exact) mass is 170 g/mol. The van der Waals surface area contributed by atoms with E-state index in [0.29, 0.717) is 16.8 Å². The zero-order valence-electron chi connectivity index (χ0n) is 6.45. The number of hydrogen-bond donors (Lipinski definition) is 0. The maximum atomic E-state index is 11.3. The van der Waals surface area contributed by atoms with E-state index in [1.54, 1.807) is 11.8 Å². The summed E-state index contributed by atoms with van der Waals surface area (Å²) in [7, 11) is 3.89. The highest BCUT2D eigenvalue weighted by molar-refractivity contribution is 8.01. The normalized spacial score (nSPS) is 39.2. The molecule has 0 aliphatic carbocycles. The van der Waals surface area contributed by atoms with Crippen molar-refractivity contribution >= 4 is 17.5 Å². The third-order valence-electron chi connectivity index (χ3n) is 2.45. The molecule has 2 unspecified atom stereocenters. The SMILES string of the molecule is [CH2-]N1CCCC2SCC(=O)C21. The molecular weight excluding hydrogens is 158 g/mol. The number of piperidine rings is 1. The van der Waals surface area contributed by atoms with Crippen molar-refractivity contribution in [2.24, 2.45) is 0 Å². The van der Waals surface area contributed by atoms with Crippen molar-refractivity contribution in [1.29, 1.82) is 0 Å². The van der Waals surface area contributed by atoms with Crippen LogP contribution < -0.4 is 0 Å². The summed E-state index contributed by atoms with van der Waals surface area (Å²) in [5, 5.41) is 0.550. The van der Waals surface area contributed by atoms with Gasteiger partial charge in [0.05, 0.1) is 11.8 Å². The number of Topliss-reactive ketones (excluding diaryl/α,β-unsaturated/α-hetero) is 1. The number of rotatable bonds is 0. The van der Waals surface area contributed by atoms with Crippen molar-refractivity contribution in [2.45, 2.75) is 24.1 Å². The number of fused-ring (bicyclic) bond motifs is 1. The predicted molar refractivity (Wildman–Crippen MR) is 46.3 cm³/mol. The summed E-state index contributed by atoms with van der Waals surface area (Å²) in [5.74, 6) is 1.09. The summed E-state index contributed by atoms with van der Waals surface area (Å²) in [6.45, 7) is 0.994. The summed E-state index contributed by atoms with van der Waals surface area (Å²) < 4.78 is 0. The van der Waals surface area contributed by atoms with E-state index in [1.807, 2.05) is 4.90 Å². The lowest BCUT2D eigenvalue weighted by atomic mass is 10.00. The van der Waals surface area contributed by atoms with E-state index in [2.05, 4.69) is 7.05 Å². The van der Waals surface area contributed by atoms with Crippen LogP contribution >= 0.6 is 11.8 Å². The van der Waals surface area contributed by atoms with Crippen LogP contribution in [0.3, 0.4) is 0 Å². The molecule has 0 aromatic rings. The Morgan fingerprint density at radius 1 is 1.64 bits per heavy atom. The fourth-order valence-corrected chi connectivity index (χ4v) is 3.28. The molecule has 0 saturated carbocycles. The topological polar surface area (TPSA) is 20.3 Å². The van der Waals surface area contributed by atoms with Crippen LogP contribution in [0.15, 0.2) is 0 Å². The third-order valence-corrected chi connectivity index (χ3v) is 3.82. The summed E-state index contributed by atoms with van der Waals surface area (Å²) in [6, 6.07) is 0.147. The molecule has 11 heavy (non-hydrogen) atoms. The Hall–Kier alpha value is -0.0200. The van der Waals surface area contributed by atoms with Gasteiger partial charge in [-0.2, -0.15) is 0 Å². The van der Waals surface area contributed by atoms with Crippen molar-refractivity contribution in [1.82, 2.24) is 4.90 Å². The van der Waals surface area contributed by atoms with Gasteiger partial charge in [-0.15, -0.1) is 11.8 Å². The molecule has 2 nitrogen and oxygen atoms in total. The Labute approximate surface area is 71.3 Å². The zero-order chi connectivity index (χ0) is 7.84. The molecule has 0 spiro atoms. The zero-order valence-corrected chi connectivity index (χ0v) is 7.27. The van der Waals surface area contributed by atoms with Gasteiger partial charge in [-0.1, -0.05) is 0 Å². The smallest absolute Gasteiger partial charge is 0.158 e. The quantitative estimate of drug-likeness (QED) is 0.504. The van der Waals surface area contributed by atoms with Gasteiger partial charge in [-0.05, 0) is 19.4 Å². The first-order chi connectivity index (χ1) is 5.29. The molecule has 0 aromatic heterocycles. The van der Waals surface area contributed by atoms with Crippen LogP contribution in [0.1, 0.15) is 12.8 Å². The molecule has 2 aliphatic rings. The van der Waals surface area contributed by atoms with E-state index in [1.165, 1.54) is 12.8 Å². The second-order valence-electron chi connectivity index (χ2n) is 3.22. The summed E-state index contributed by atoms with van der Waals surface area (Å²) in [6.07, 6.45) is 2.40. The number of thioether (sulfide) groups is 1. The molecule has 0 bridgehead atoms. The highest BCUT2D eigenvalue weighted by atomic mass is 32.2. The van der Waals surface area contributed by atoms with Crippen molar-refractivity contribution in [3.05, 3.63) is 7.05 Å². The van der Waals surface area contributed by atoms with Gasteiger partial charge in [-0.3, -0.25) is 11.8 Å². The Balaban J connectivity index is 2.14. The van der Waals surface area contributed by atoms with Gasteiger partial charge >= 0.3 is 0 Å². The van der Waals surface area contributed by atoms with Crippen LogP contribution in [0.25, 0.3) is 0 Å². The predicted octanol–water partition coefficient (Wildman–Crippen LogP) is 0.927.